The monoisotopic (exact) mass is 175 g/mol. The molecule has 0 bridgehead atoms. The average Bonchev–Trinajstić information content (AvgIpc) is 1.86. The first-order chi connectivity index (χ1) is 5.07. The molecular formula is C7H14NO2P. The van der Waals surface area contributed by atoms with Gasteiger partial charge in [0, 0.05) is 12.7 Å². The van der Waals surface area contributed by atoms with E-state index >= 15 is 0 Å². The second-order valence-electron chi connectivity index (χ2n) is 2.48. The number of carbonyl (C=O) groups excluding carboxylic acids is 2. The van der Waals surface area contributed by atoms with Crippen LogP contribution in [0.4, 0.5) is 0 Å². The number of nitrogens with one attached hydrogen (secondary N) is 1. The molecule has 0 saturated carbocycles. The summed E-state index contributed by atoms with van der Waals surface area (Å²) in [5, 5.41) is 2.91. The molecule has 0 aromatic rings. The van der Waals surface area contributed by atoms with Crippen LogP contribution in [-0.4, -0.2) is 23.9 Å². The van der Waals surface area contributed by atoms with Gasteiger partial charge >= 0.3 is 0 Å². The van der Waals surface area contributed by atoms with Crippen molar-refractivity contribution in [3.05, 3.63) is 0 Å². The van der Waals surface area contributed by atoms with Crippen molar-refractivity contribution in [3.8, 4) is 0 Å². The van der Waals surface area contributed by atoms with Gasteiger partial charge in [-0.15, -0.1) is 9.24 Å². The lowest BCUT2D eigenvalue weighted by atomic mass is 10.1. The minimum Gasteiger partial charge on any atom is -0.304 e. The summed E-state index contributed by atoms with van der Waals surface area (Å²) in [4.78, 5) is 21.5. The zero-order chi connectivity index (χ0) is 8.85. The molecule has 64 valence electrons. The fraction of sp³-hybridized carbons (Fsp3) is 0.714. The normalized spacial score (nSPS) is 12.6. The van der Waals surface area contributed by atoms with E-state index in [-0.39, 0.29) is 17.6 Å². The van der Waals surface area contributed by atoms with Crippen molar-refractivity contribution in [2.45, 2.75) is 26.3 Å². The predicted octanol–water partition coefficient (Wildman–Crippen LogP) is 0.345. The molecule has 0 aliphatic rings. The van der Waals surface area contributed by atoms with E-state index in [4.69, 9.17) is 0 Å². The summed E-state index contributed by atoms with van der Waals surface area (Å²) in [6.45, 7) is 2.97. The molecule has 4 heteroatoms. The number of Topliss-reactive ketones (excluding diaryl/α,β-unsaturated/α-hetero) is 2. The SMILES string of the molecule is CC(=O)CC(NCP)C(C)=O. The molecular weight excluding hydrogens is 161 g/mol. The summed E-state index contributed by atoms with van der Waals surface area (Å²) < 4.78 is 0. The Labute approximate surface area is 69.1 Å². The van der Waals surface area contributed by atoms with Gasteiger partial charge in [-0.05, 0) is 13.8 Å². The van der Waals surface area contributed by atoms with Gasteiger partial charge in [0.15, 0.2) is 0 Å². The van der Waals surface area contributed by atoms with E-state index in [0.717, 1.165) is 0 Å². The minimum absolute atomic E-state index is 0.0163. The van der Waals surface area contributed by atoms with E-state index in [1.807, 2.05) is 0 Å². The van der Waals surface area contributed by atoms with Crippen LogP contribution in [0.15, 0.2) is 0 Å². The molecule has 0 rings (SSSR count). The molecule has 0 saturated heterocycles. The average molecular weight is 175 g/mol. The highest BCUT2D eigenvalue weighted by atomic mass is 31.0. The molecule has 11 heavy (non-hydrogen) atoms. The summed E-state index contributed by atoms with van der Waals surface area (Å²) in [7, 11) is 2.46. The third-order valence-electron chi connectivity index (χ3n) is 1.35. The maximum Gasteiger partial charge on any atom is 0.147 e. The number of hydrogen-bond acceptors (Lipinski definition) is 3. The number of rotatable bonds is 5. The highest BCUT2D eigenvalue weighted by Gasteiger charge is 2.13. The topological polar surface area (TPSA) is 46.2 Å². The van der Waals surface area contributed by atoms with Crippen LogP contribution in [0.2, 0.25) is 0 Å². The summed E-state index contributed by atoms with van der Waals surface area (Å²) in [6, 6.07) is -0.301. The minimum atomic E-state index is -0.301. The number of ketones is 2. The van der Waals surface area contributed by atoms with Gasteiger partial charge in [0.2, 0.25) is 0 Å². The number of carbonyl (C=O) groups is 2. The van der Waals surface area contributed by atoms with Gasteiger partial charge in [0.05, 0.1) is 6.04 Å². The summed E-state index contributed by atoms with van der Waals surface area (Å²) in [6.07, 6.45) is 0.932. The molecule has 0 spiro atoms. The highest BCUT2D eigenvalue weighted by Crippen LogP contribution is 1.95. The van der Waals surface area contributed by atoms with E-state index in [0.29, 0.717) is 12.7 Å². The smallest absolute Gasteiger partial charge is 0.147 e. The molecule has 2 atom stereocenters. The molecule has 0 fully saturated rings. The van der Waals surface area contributed by atoms with Crippen LogP contribution < -0.4 is 5.32 Å². The maximum atomic E-state index is 10.8. The molecule has 2 unspecified atom stereocenters. The lowest BCUT2D eigenvalue weighted by molar-refractivity contribution is -0.123. The van der Waals surface area contributed by atoms with Crippen LogP contribution in [0.1, 0.15) is 20.3 Å². The highest BCUT2D eigenvalue weighted by molar-refractivity contribution is 7.16. The van der Waals surface area contributed by atoms with Crippen LogP contribution in [0.25, 0.3) is 0 Å². The van der Waals surface area contributed by atoms with Crippen molar-refractivity contribution >= 4 is 20.8 Å². The summed E-state index contributed by atoms with van der Waals surface area (Å²) >= 11 is 0. The van der Waals surface area contributed by atoms with Crippen LogP contribution in [0.3, 0.4) is 0 Å². The van der Waals surface area contributed by atoms with E-state index in [2.05, 4.69) is 14.6 Å². The van der Waals surface area contributed by atoms with Crippen LogP contribution in [-0.2, 0) is 9.59 Å². The largest absolute Gasteiger partial charge is 0.304 e. The first kappa shape index (κ1) is 10.7. The van der Waals surface area contributed by atoms with E-state index in [1.165, 1.54) is 13.8 Å². The summed E-state index contributed by atoms with van der Waals surface area (Å²) in [5.74, 6) is 0.0544. The Balaban J connectivity index is 3.89. The Morgan fingerprint density at radius 2 is 2.00 bits per heavy atom. The van der Waals surface area contributed by atoms with Gasteiger partial charge in [-0.1, -0.05) is 0 Å². The molecule has 0 aliphatic carbocycles. The Morgan fingerprint density at radius 3 is 2.27 bits per heavy atom. The second kappa shape index (κ2) is 5.39. The van der Waals surface area contributed by atoms with Gasteiger partial charge in [-0.3, -0.25) is 9.59 Å². The van der Waals surface area contributed by atoms with Crippen LogP contribution in [0, 0.1) is 0 Å². The lowest BCUT2D eigenvalue weighted by Gasteiger charge is -2.11. The van der Waals surface area contributed by atoms with Gasteiger partial charge in [-0.25, -0.2) is 0 Å². The maximum absolute atomic E-state index is 10.8. The van der Waals surface area contributed by atoms with Gasteiger partial charge in [0.25, 0.3) is 0 Å². The lowest BCUT2D eigenvalue weighted by Crippen LogP contribution is -2.35. The third-order valence-corrected chi connectivity index (χ3v) is 1.58. The van der Waals surface area contributed by atoms with Gasteiger partial charge in [0.1, 0.15) is 11.6 Å². The molecule has 0 aromatic heterocycles. The fourth-order valence-corrected chi connectivity index (χ4v) is 1.07. The van der Waals surface area contributed by atoms with Crippen molar-refractivity contribution in [2.24, 2.45) is 0 Å². The van der Waals surface area contributed by atoms with E-state index < -0.39 is 0 Å². The fourth-order valence-electron chi connectivity index (χ4n) is 0.789. The Bertz CT molecular complexity index is 159. The summed E-state index contributed by atoms with van der Waals surface area (Å²) in [5.41, 5.74) is 0. The van der Waals surface area contributed by atoms with Gasteiger partial charge in [-0.2, -0.15) is 0 Å². The Kier molecular flexibility index (Phi) is 5.26. The molecule has 0 aromatic carbocycles. The molecule has 0 amide bonds. The first-order valence-electron chi connectivity index (χ1n) is 3.51. The third kappa shape index (κ3) is 5.05. The Morgan fingerprint density at radius 1 is 1.45 bits per heavy atom. The van der Waals surface area contributed by atoms with E-state index in [1.54, 1.807) is 0 Å². The van der Waals surface area contributed by atoms with Gasteiger partial charge < -0.3 is 5.32 Å². The standard InChI is InChI=1S/C7H14NO2P/c1-5(9)3-7(6(2)10)8-4-11/h7-8H,3-4,11H2,1-2H3. The zero-order valence-electron chi connectivity index (χ0n) is 6.89. The quantitative estimate of drug-likeness (QED) is 0.613. The molecule has 0 heterocycles. The van der Waals surface area contributed by atoms with Crippen molar-refractivity contribution < 1.29 is 9.59 Å². The Hall–Kier alpha value is -0.270. The molecule has 0 aliphatic heterocycles. The van der Waals surface area contributed by atoms with Crippen LogP contribution in [0.5, 0.6) is 0 Å². The first-order valence-corrected chi connectivity index (χ1v) is 4.33. The van der Waals surface area contributed by atoms with E-state index in [9.17, 15) is 9.59 Å². The number of hydrogen-bond donors (Lipinski definition) is 1. The van der Waals surface area contributed by atoms with Crippen molar-refractivity contribution in [1.29, 1.82) is 0 Å². The molecule has 0 radical (unpaired) electrons. The van der Waals surface area contributed by atoms with Crippen molar-refractivity contribution in [2.75, 3.05) is 6.29 Å². The molecule has 1 N–H and O–H groups in total. The van der Waals surface area contributed by atoms with Crippen molar-refractivity contribution in [1.82, 2.24) is 5.32 Å². The van der Waals surface area contributed by atoms with Crippen LogP contribution >= 0.6 is 9.24 Å². The zero-order valence-corrected chi connectivity index (χ0v) is 8.04. The second-order valence-corrected chi connectivity index (χ2v) is 2.89. The predicted molar refractivity (Wildman–Crippen MR) is 47.5 cm³/mol. The molecule has 3 nitrogen and oxygen atoms in total. The van der Waals surface area contributed by atoms with Crippen molar-refractivity contribution in [3.63, 3.8) is 0 Å².